The van der Waals surface area contributed by atoms with Gasteiger partial charge >= 0.3 is 0 Å². The van der Waals surface area contributed by atoms with Gasteiger partial charge in [0.25, 0.3) is 0 Å². The van der Waals surface area contributed by atoms with Crippen molar-refractivity contribution in [3.8, 4) is 5.75 Å². The molecule has 0 aliphatic heterocycles. The maximum absolute atomic E-state index is 12.6. The number of rotatable bonds is 7. The van der Waals surface area contributed by atoms with Crippen LogP contribution in [0.3, 0.4) is 0 Å². The molecule has 0 unspecified atom stereocenters. The van der Waals surface area contributed by atoms with Gasteiger partial charge in [-0.2, -0.15) is 0 Å². The average molecular weight is 352 g/mol. The number of amides is 1. The number of carbonyl (C=O) groups is 1. The van der Waals surface area contributed by atoms with E-state index in [2.05, 4.69) is 16.1 Å². The summed E-state index contributed by atoms with van der Waals surface area (Å²) in [5.74, 6) is -0.0193. The molecule has 132 valence electrons. The van der Waals surface area contributed by atoms with Crippen LogP contribution in [-0.4, -0.2) is 28.0 Å². The third kappa shape index (κ3) is 5.07. The Labute approximate surface area is 143 Å². The first-order chi connectivity index (χ1) is 11.4. The highest BCUT2D eigenvalue weighted by molar-refractivity contribution is 7.89. The van der Waals surface area contributed by atoms with Crippen molar-refractivity contribution < 1.29 is 17.9 Å². The summed E-state index contributed by atoms with van der Waals surface area (Å²) >= 11 is 0. The highest BCUT2D eigenvalue weighted by Crippen LogP contribution is 2.27. The van der Waals surface area contributed by atoms with E-state index < -0.39 is 10.0 Å². The lowest BCUT2D eigenvalue weighted by atomic mass is 9.97. The van der Waals surface area contributed by atoms with Gasteiger partial charge in [-0.05, 0) is 50.3 Å². The number of carbonyl (C=O) groups excluding carboxylic acids is 1. The third-order valence-electron chi connectivity index (χ3n) is 3.90. The molecule has 6 nitrogen and oxygen atoms in total. The molecule has 7 heteroatoms. The first-order valence-electron chi connectivity index (χ1n) is 8.05. The maximum Gasteiger partial charge on any atom is 0.244 e. The van der Waals surface area contributed by atoms with Crippen molar-refractivity contribution in [3.63, 3.8) is 0 Å². The molecule has 0 saturated carbocycles. The molecule has 0 atom stereocenters. The second-order valence-electron chi connectivity index (χ2n) is 5.80. The number of benzene rings is 1. The lowest BCUT2D eigenvalue weighted by molar-refractivity contribution is -0.114. The van der Waals surface area contributed by atoms with Crippen LogP contribution in [0.1, 0.15) is 39.0 Å². The second kappa shape index (κ2) is 8.30. The minimum absolute atomic E-state index is 0.0221. The summed E-state index contributed by atoms with van der Waals surface area (Å²) in [5.41, 5.74) is 1.72. The van der Waals surface area contributed by atoms with E-state index in [-0.39, 0.29) is 16.6 Å². The Morgan fingerprint density at radius 2 is 2.08 bits per heavy atom. The maximum atomic E-state index is 12.6. The number of sulfonamides is 1. The van der Waals surface area contributed by atoms with E-state index in [0.717, 1.165) is 12.8 Å². The van der Waals surface area contributed by atoms with Crippen LogP contribution in [0, 0.1) is 0 Å². The lowest BCUT2D eigenvalue weighted by Gasteiger charge is -2.15. The summed E-state index contributed by atoms with van der Waals surface area (Å²) in [6.07, 6.45) is 7.42. The fourth-order valence-electron chi connectivity index (χ4n) is 2.72. The molecule has 0 aromatic heterocycles. The first-order valence-corrected chi connectivity index (χ1v) is 9.54. The Morgan fingerprint density at radius 3 is 2.71 bits per heavy atom. The highest BCUT2D eigenvalue weighted by Gasteiger charge is 2.20. The Kier molecular flexibility index (Phi) is 6.39. The first kappa shape index (κ1) is 18.5. The molecule has 1 aliphatic rings. The molecule has 0 spiro atoms. The Morgan fingerprint density at radius 1 is 1.29 bits per heavy atom. The van der Waals surface area contributed by atoms with Gasteiger partial charge < -0.3 is 10.1 Å². The normalized spacial score (nSPS) is 14.8. The SMILES string of the molecule is COc1ccc(NC(C)=O)cc1S(=O)(=O)NCCC1=CCCCC1. The van der Waals surface area contributed by atoms with Crippen molar-refractivity contribution in [1.29, 1.82) is 0 Å². The minimum atomic E-state index is -3.72. The van der Waals surface area contributed by atoms with E-state index in [1.807, 2.05) is 0 Å². The van der Waals surface area contributed by atoms with Crippen molar-refractivity contribution in [1.82, 2.24) is 4.72 Å². The zero-order valence-electron chi connectivity index (χ0n) is 14.1. The topological polar surface area (TPSA) is 84.5 Å². The van der Waals surface area contributed by atoms with Gasteiger partial charge in [0.05, 0.1) is 7.11 Å². The summed E-state index contributed by atoms with van der Waals surface area (Å²) in [6, 6.07) is 4.54. The van der Waals surface area contributed by atoms with Crippen LogP contribution in [0.2, 0.25) is 0 Å². The molecule has 0 saturated heterocycles. The third-order valence-corrected chi connectivity index (χ3v) is 5.38. The molecule has 1 aromatic carbocycles. The molecule has 2 N–H and O–H groups in total. The molecule has 0 fully saturated rings. The van der Waals surface area contributed by atoms with Crippen LogP contribution in [0.25, 0.3) is 0 Å². The highest BCUT2D eigenvalue weighted by atomic mass is 32.2. The van der Waals surface area contributed by atoms with Crippen LogP contribution in [0.5, 0.6) is 5.75 Å². The molecular formula is C17H24N2O4S. The molecule has 1 amide bonds. The molecular weight excluding hydrogens is 328 g/mol. The summed E-state index contributed by atoms with van der Waals surface area (Å²) in [7, 11) is -2.30. The second-order valence-corrected chi connectivity index (χ2v) is 7.54. The van der Waals surface area contributed by atoms with Gasteiger partial charge in [-0.15, -0.1) is 0 Å². The van der Waals surface area contributed by atoms with Crippen molar-refractivity contribution >= 4 is 21.6 Å². The zero-order chi connectivity index (χ0) is 17.6. The fourth-order valence-corrected chi connectivity index (χ4v) is 3.95. The van der Waals surface area contributed by atoms with Gasteiger partial charge in [-0.3, -0.25) is 4.79 Å². The van der Waals surface area contributed by atoms with Gasteiger partial charge in [0, 0.05) is 19.2 Å². The Balaban J connectivity index is 2.11. The van der Waals surface area contributed by atoms with Crippen LogP contribution >= 0.6 is 0 Å². The molecule has 0 bridgehead atoms. The number of allylic oxidation sites excluding steroid dienone is 1. The van der Waals surface area contributed by atoms with Crippen molar-refractivity contribution in [2.45, 2.75) is 43.9 Å². The molecule has 2 rings (SSSR count). The Hall–Kier alpha value is -1.86. The number of ether oxygens (including phenoxy) is 1. The summed E-state index contributed by atoms with van der Waals surface area (Å²) < 4.78 is 32.9. The van der Waals surface area contributed by atoms with E-state index in [0.29, 0.717) is 18.7 Å². The van der Waals surface area contributed by atoms with E-state index in [4.69, 9.17) is 4.74 Å². The van der Waals surface area contributed by atoms with Gasteiger partial charge in [-0.25, -0.2) is 13.1 Å². The number of nitrogens with one attached hydrogen (secondary N) is 2. The van der Waals surface area contributed by atoms with Gasteiger partial charge in [-0.1, -0.05) is 11.6 Å². The number of hydrogen-bond donors (Lipinski definition) is 2. The van der Waals surface area contributed by atoms with Gasteiger partial charge in [0.1, 0.15) is 10.6 Å². The smallest absolute Gasteiger partial charge is 0.244 e. The number of anilines is 1. The zero-order valence-corrected chi connectivity index (χ0v) is 14.9. The van der Waals surface area contributed by atoms with Crippen LogP contribution in [0.4, 0.5) is 5.69 Å². The molecule has 1 aromatic rings. The number of hydrogen-bond acceptors (Lipinski definition) is 4. The minimum Gasteiger partial charge on any atom is -0.495 e. The van der Waals surface area contributed by atoms with Crippen molar-refractivity contribution in [3.05, 3.63) is 29.8 Å². The molecule has 24 heavy (non-hydrogen) atoms. The number of methoxy groups -OCH3 is 1. The van der Waals surface area contributed by atoms with Gasteiger partial charge in [0.15, 0.2) is 0 Å². The summed E-state index contributed by atoms with van der Waals surface area (Å²) in [5, 5.41) is 2.58. The van der Waals surface area contributed by atoms with E-state index in [1.165, 1.54) is 44.6 Å². The van der Waals surface area contributed by atoms with E-state index in [1.54, 1.807) is 6.07 Å². The molecule has 0 radical (unpaired) electrons. The largest absolute Gasteiger partial charge is 0.495 e. The van der Waals surface area contributed by atoms with Crippen molar-refractivity contribution in [2.24, 2.45) is 0 Å². The molecule has 0 heterocycles. The summed E-state index contributed by atoms with van der Waals surface area (Å²) in [4.78, 5) is 11.2. The average Bonchev–Trinajstić information content (AvgIpc) is 2.55. The van der Waals surface area contributed by atoms with E-state index in [9.17, 15) is 13.2 Å². The predicted molar refractivity (Wildman–Crippen MR) is 93.7 cm³/mol. The Bertz CT molecular complexity index is 726. The standard InChI is InChI=1S/C17H24N2O4S/c1-13(20)19-15-8-9-16(23-2)17(12-15)24(21,22)18-11-10-14-6-4-3-5-7-14/h6,8-9,12,18H,3-5,7,10-11H2,1-2H3,(H,19,20). The summed E-state index contributed by atoms with van der Waals surface area (Å²) in [6.45, 7) is 1.72. The quantitative estimate of drug-likeness (QED) is 0.739. The van der Waals surface area contributed by atoms with Gasteiger partial charge in [0.2, 0.25) is 15.9 Å². The monoisotopic (exact) mass is 352 g/mol. The van der Waals surface area contributed by atoms with Crippen molar-refractivity contribution in [2.75, 3.05) is 19.0 Å². The molecule has 1 aliphatic carbocycles. The van der Waals surface area contributed by atoms with Crippen LogP contribution in [0.15, 0.2) is 34.7 Å². The fraction of sp³-hybridized carbons (Fsp3) is 0.471. The lowest BCUT2D eigenvalue weighted by Crippen LogP contribution is -2.26. The predicted octanol–water partition coefficient (Wildman–Crippen LogP) is 2.82. The van der Waals surface area contributed by atoms with Crippen LogP contribution in [-0.2, 0) is 14.8 Å². The van der Waals surface area contributed by atoms with E-state index >= 15 is 0 Å². The van der Waals surface area contributed by atoms with Crippen LogP contribution < -0.4 is 14.8 Å².